The maximum atomic E-state index is 5.33. The first-order valence-electron chi connectivity index (χ1n) is 19.8. The Morgan fingerprint density at radius 1 is 0.593 bits per heavy atom. The number of rotatable bonds is 5. The first-order valence-corrected chi connectivity index (χ1v) is 21.5. The average Bonchev–Trinajstić information content (AvgIpc) is 3.94. The van der Waals surface area contributed by atoms with E-state index in [0.29, 0.717) is 11.5 Å². The molecular weight excluding hydrogens is 755 g/mol. The topological polar surface area (TPSA) is 29.6 Å². The van der Waals surface area contributed by atoms with Crippen molar-refractivity contribution in [1.29, 1.82) is 0 Å². The third-order valence-electron chi connectivity index (χ3n) is 11.6. The van der Waals surface area contributed by atoms with Gasteiger partial charge < -0.3 is 4.57 Å². The summed E-state index contributed by atoms with van der Waals surface area (Å²) in [6.07, 6.45) is 5.26. The van der Waals surface area contributed by atoms with Gasteiger partial charge in [0.1, 0.15) is 0 Å². The van der Waals surface area contributed by atoms with Crippen molar-refractivity contribution in [3.05, 3.63) is 216 Å². The third kappa shape index (κ3) is 5.93. The molecule has 0 bridgehead atoms. The molecule has 280 valence electrons. The minimum absolute atomic E-state index is 0.656. The molecule has 0 N–H and O–H groups in total. The van der Waals surface area contributed by atoms with Crippen molar-refractivity contribution >= 4 is 103 Å². The van der Waals surface area contributed by atoms with Gasteiger partial charge >= 0.3 is 0 Å². The molecule has 3 heterocycles. The van der Waals surface area contributed by atoms with Crippen molar-refractivity contribution in [2.45, 2.75) is 13.3 Å². The van der Waals surface area contributed by atoms with Crippen LogP contribution in [0.3, 0.4) is 0 Å². The lowest BCUT2D eigenvalue weighted by atomic mass is 9.91. The highest BCUT2D eigenvalue weighted by Crippen LogP contribution is 2.42. The lowest BCUT2D eigenvalue weighted by Gasteiger charge is -2.15. The maximum absolute atomic E-state index is 5.33. The standard InChI is InChI=1S/C54H37N3S2/c1-33-27-29-49-46(31-37-17-7-8-18-39(33)37)41-19-9-11-25-48(41)57(49)38-28-30-51-47(32-38)44-23-13-21-40(52(44)59-51)35(3)56-54(55-34(2)36-15-5-4-6-16-36)45-24-14-22-43-42-20-10-12-26-50(42)58-53(43)45/h4-30,32H,1,3,31H2,2H3/b29-27-,55-34?,56-54?. The van der Waals surface area contributed by atoms with E-state index in [1.54, 1.807) is 22.7 Å². The van der Waals surface area contributed by atoms with Crippen LogP contribution in [0.15, 0.2) is 187 Å². The van der Waals surface area contributed by atoms with E-state index in [1.165, 1.54) is 68.9 Å². The Hall–Kier alpha value is -6.92. The zero-order valence-corrected chi connectivity index (χ0v) is 34.1. The number of fused-ring (bicyclic) bond motifs is 10. The minimum Gasteiger partial charge on any atom is -0.310 e. The van der Waals surface area contributed by atoms with Gasteiger partial charge in [-0.15, -0.1) is 22.7 Å². The van der Waals surface area contributed by atoms with E-state index in [0.717, 1.165) is 44.8 Å². The van der Waals surface area contributed by atoms with Crippen molar-refractivity contribution in [3.63, 3.8) is 0 Å². The summed E-state index contributed by atoms with van der Waals surface area (Å²) in [4.78, 5) is 10.6. The second-order valence-corrected chi connectivity index (χ2v) is 17.2. The van der Waals surface area contributed by atoms with Crippen molar-refractivity contribution in [2.24, 2.45) is 9.98 Å². The molecule has 11 rings (SSSR count). The van der Waals surface area contributed by atoms with E-state index >= 15 is 0 Å². The number of nitrogens with zero attached hydrogens (tertiary/aromatic N) is 3. The fraction of sp³-hybridized carbons (Fsp3) is 0.0370. The Kier molecular flexibility index (Phi) is 8.47. The van der Waals surface area contributed by atoms with Gasteiger partial charge in [0.05, 0.1) is 16.9 Å². The van der Waals surface area contributed by atoms with Crippen LogP contribution in [0.4, 0.5) is 0 Å². The van der Waals surface area contributed by atoms with Crippen LogP contribution in [0.2, 0.25) is 0 Å². The Bertz CT molecular complexity index is 3460. The molecule has 10 aromatic rings. The monoisotopic (exact) mass is 791 g/mol. The maximum Gasteiger partial charge on any atom is 0.161 e. The van der Waals surface area contributed by atoms with E-state index in [1.807, 2.05) is 18.2 Å². The highest BCUT2D eigenvalue weighted by atomic mass is 32.1. The smallest absolute Gasteiger partial charge is 0.161 e. The minimum atomic E-state index is 0.656. The SMILES string of the molecule is C=C1/C=C\c2c(c3ccccc3n2-c2ccc3sc4c(C(=C)N=C(N=C(C)c5ccccc5)c5cccc6c5sc5ccccc56)cccc4c3c2)Cc2ccccc21. The molecule has 0 saturated carbocycles. The molecule has 0 atom stereocenters. The van der Waals surface area contributed by atoms with Crippen LogP contribution in [-0.2, 0) is 6.42 Å². The predicted molar refractivity (Wildman–Crippen MR) is 257 cm³/mol. The third-order valence-corrected chi connectivity index (χ3v) is 14.0. The number of amidine groups is 1. The molecule has 1 aliphatic rings. The second kappa shape index (κ2) is 14.2. The van der Waals surface area contributed by atoms with E-state index < -0.39 is 0 Å². The Morgan fingerprint density at radius 3 is 2.10 bits per heavy atom. The van der Waals surface area contributed by atoms with E-state index in [9.17, 15) is 0 Å². The number of hydrogen-bond donors (Lipinski definition) is 0. The molecule has 7 aromatic carbocycles. The number of hydrogen-bond acceptors (Lipinski definition) is 3. The van der Waals surface area contributed by atoms with Crippen molar-refractivity contribution in [3.8, 4) is 5.69 Å². The van der Waals surface area contributed by atoms with E-state index in [-0.39, 0.29) is 0 Å². The summed E-state index contributed by atoms with van der Waals surface area (Å²) in [5.41, 5.74) is 13.0. The lowest BCUT2D eigenvalue weighted by Crippen LogP contribution is -2.04. The van der Waals surface area contributed by atoms with Gasteiger partial charge in [-0.3, -0.25) is 0 Å². The van der Waals surface area contributed by atoms with Gasteiger partial charge in [0, 0.05) is 74.7 Å². The largest absolute Gasteiger partial charge is 0.310 e. The van der Waals surface area contributed by atoms with Crippen LogP contribution >= 0.6 is 22.7 Å². The molecule has 0 radical (unpaired) electrons. The number of para-hydroxylation sites is 1. The Morgan fingerprint density at radius 2 is 1.25 bits per heavy atom. The van der Waals surface area contributed by atoms with Crippen LogP contribution in [0, 0.1) is 0 Å². The normalized spacial score (nSPS) is 13.9. The summed E-state index contributed by atoms with van der Waals surface area (Å²) in [6, 6.07) is 56.2. The van der Waals surface area contributed by atoms with Crippen LogP contribution < -0.4 is 0 Å². The van der Waals surface area contributed by atoms with E-state index in [4.69, 9.17) is 9.98 Å². The van der Waals surface area contributed by atoms with Gasteiger partial charge in [-0.05, 0) is 77.2 Å². The number of allylic oxidation sites excluding steroid dienone is 2. The first-order chi connectivity index (χ1) is 29.0. The Labute approximate surface area is 350 Å². The molecule has 0 fully saturated rings. The fourth-order valence-electron chi connectivity index (χ4n) is 8.73. The predicted octanol–water partition coefficient (Wildman–Crippen LogP) is 14.9. The summed E-state index contributed by atoms with van der Waals surface area (Å²) >= 11 is 3.58. The summed E-state index contributed by atoms with van der Waals surface area (Å²) in [5, 5.41) is 6.13. The average molecular weight is 792 g/mol. The van der Waals surface area contributed by atoms with Crippen LogP contribution in [0.5, 0.6) is 0 Å². The van der Waals surface area contributed by atoms with Gasteiger partial charge in [-0.25, -0.2) is 9.98 Å². The molecule has 5 heteroatoms. The van der Waals surface area contributed by atoms with Crippen molar-refractivity contribution in [1.82, 2.24) is 4.57 Å². The molecule has 0 spiro atoms. The summed E-state index contributed by atoms with van der Waals surface area (Å²) < 4.78 is 7.23. The molecule has 0 unspecified atom stereocenters. The molecule has 3 aromatic heterocycles. The molecule has 59 heavy (non-hydrogen) atoms. The van der Waals surface area contributed by atoms with Crippen LogP contribution in [0.25, 0.3) is 74.3 Å². The number of aliphatic imine (C=N–C) groups is 2. The molecule has 1 aliphatic carbocycles. The van der Waals surface area contributed by atoms with Crippen LogP contribution in [0.1, 0.15) is 46.0 Å². The Balaban J connectivity index is 1.06. The van der Waals surface area contributed by atoms with Crippen molar-refractivity contribution < 1.29 is 0 Å². The van der Waals surface area contributed by atoms with Gasteiger partial charge in [0.2, 0.25) is 0 Å². The lowest BCUT2D eigenvalue weighted by molar-refractivity contribution is 1.07. The van der Waals surface area contributed by atoms with E-state index in [2.05, 4.69) is 176 Å². The van der Waals surface area contributed by atoms with Crippen LogP contribution in [-0.4, -0.2) is 16.1 Å². The molecule has 0 amide bonds. The second-order valence-electron chi connectivity index (χ2n) is 15.1. The molecule has 3 nitrogen and oxygen atoms in total. The van der Waals surface area contributed by atoms with Gasteiger partial charge in [-0.1, -0.05) is 141 Å². The van der Waals surface area contributed by atoms with Crippen molar-refractivity contribution in [2.75, 3.05) is 0 Å². The summed E-state index contributed by atoms with van der Waals surface area (Å²) in [6.45, 7) is 11.1. The quantitative estimate of drug-likeness (QED) is 0.123. The summed E-state index contributed by atoms with van der Waals surface area (Å²) in [5.74, 6) is 0.656. The molecule has 0 aliphatic heterocycles. The molecular formula is C54H37N3S2. The first kappa shape index (κ1) is 35.3. The highest BCUT2D eigenvalue weighted by molar-refractivity contribution is 7.26. The number of aromatic nitrogens is 1. The zero-order chi connectivity index (χ0) is 39.6. The number of thiophene rings is 2. The summed E-state index contributed by atoms with van der Waals surface area (Å²) in [7, 11) is 0. The molecule has 0 saturated heterocycles. The highest BCUT2D eigenvalue weighted by Gasteiger charge is 2.22. The van der Waals surface area contributed by atoms with Gasteiger partial charge in [-0.2, -0.15) is 0 Å². The fourth-order valence-corrected chi connectivity index (χ4v) is 11.2. The zero-order valence-electron chi connectivity index (χ0n) is 32.4. The number of benzene rings is 7. The van der Waals surface area contributed by atoms with Gasteiger partial charge in [0.25, 0.3) is 0 Å². The van der Waals surface area contributed by atoms with Gasteiger partial charge in [0.15, 0.2) is 5.84 Å².